The Balaban J connectivity index is 1.66. The Labute approximate surface area is 136 Å². The van der Waals surface area contributed by atoms with E-state index in [0.29, 0.717) is 5.41 Å². The second kappa shape index (κ2) is 6.28. The highest BCUT2D eigenvalue weighted by Gasteiger charge is 2.51. The minimum atomic E-state index is -0.357. The predicted molar refractivity (Wildman–Crippen MR) is 90.6 cm³/mol. The zero-order chi connectivity index (χ0) is 15.8. The molecule has 0 amide bonds. The molecule has 2 nitrogen and oxygen atoms in total. The average Bonchev–Trinajstić information content (AvgIpc) is 3.04. The molecule has 0 aromatic heterocycles. The molecular weight excluding hydrogens is 272 g/mol. The van der Waals surface area contributed by atoms with Crippen molar-refractivity contribution < 1.29 is 9.47 Å². The van der Waals surface area contributed by atoms with Gasteiger partial charge in [0.1, 0.15) is 0 Å². The van der Waals surface area contributed by atoms with Gasteiger partial charge in [0.05, 0.1) is 13.2 Å². The fraction of sp³-hybridized carbons (Fsp3) is 0.900. The third-order valence-electron chi connectivity index (χ3n) is 6.57. The lowest BCUT2D eigenvalue weighted by atomic mass is 9.65. The first kappa shape index (κ1) is 16.5. The van der Waals surface area contributed by atoms with E-state index in [1.165, 1.54) is 38.5 Å². The second-order valence-electron chi connectivity index (χ2n) is 8.54. The summed E-state index contributed by atoms with van der Waals surface area (Å²) in [5.41, 5.74) is 2.03. The SMILES string of the molecule is CC(C)CCC[C@@H](C)[C@H]1CCC2=CC3(CC[C@@]21C)OCCO3. The first-order chi connectivity index (χ1) is 10.5. The molecule has 2 fully saturated rings. The standard InChI is InChI=1S/C20H34O2/c1-15(2)6-5-7-16(3)18-9-8-17-14-20(21-12-13-22-20)11-10-19(17,18)4/h14-16,18H,5-13H2,1-4H3/t16-,18-,19+/m1/s1. The van der Waals surface area contributed by atoms with Crippen LogP contribution in [0.15, 0.2) is 11.6 Å². The van der Waals surface area contributed by atoms with Crippen LogP contribution in [0.1, 0.15) is 72.6 Å². The van der Waals surface area contributed by atoms with Crippen LogP contribution in [-0.2, 0) is 9.47 Å². The molecule has 3 rings (SSSR count). The zero-order valence-electron chi connectivity index (χ0n) is 15.0. The predicted octanol–water partition coefficient (Wildman–Crippen LogP) is 5.33. The summed E-state index contributed by atoms with van der Waals surface area (Å²) in [6.45, 7) is 11.2. The van der Waals surface area contributed by atoms with Crippen molar-refractivity contribution in [3.63, 3.8) is 0 Å². The van der Waals surface area contributed by atoms with Crippen LogP contribution in [0.5, 0.6) is 0 Å². The zero-order valence-corrected chi connectivity index (χ0v) is 15.0. The molecule has 3 aliphatic rings. The van der Waals surface area contributed by atoms with Gasteiger partial charge < -0.3 is 9.47 Å². The Kier molecular flexibility index (Phi) is 4.71. The van der Waals surface area contributed by atoms with E-state index in [4.69, 9.17) is 9.47 Å². The first-order valence-corrected chi connectivity index (χ1v) is 9.45. The molecule has 0 bridgehead atoms. The van der Waals surface area contributed by atoms with Gasteiger partial charge >= 0.3 is 0 Å². The number of ether oxygens (including phenoxy) is 2. The van der Waals surface area contributed by atoms with Crippen LogP contribution in [0.3, 0.4) is 0 Å². The number of hydrogen-bond donors (Lipinski definition) is 0. The summed E-state index contributed by atoms with van der Waals surface area (Å²) >= 11 is 0. The fourth-order valence-electron chi connectivity index (χ4n) is 5.17. The molecule has 2 heteroatoms. The van der Waals surface area contributed by atoms with Crippen LogP contribution in [-0.4, -0.2) is 19.0 Å². The Morgan fingerprint density at radius 3 is 2.55 bits per heavy atom. The maximum Gasteiger partial charge on any atom is 0.188 e. The molecule has 0 unspecified atom stereocenters. The van der Waals surface area contributed by atoms with Crippen LogP contribution < -0.4 is 0 Å². The second-order valence-corrected chi connectivity index (χ2v) is 8.54. The summed E-state index contributed by atoms with van der Waals surface area (Å²) in [5.74, 6) is 2.18. The molecule has 0 N–H and O–H groups in total. The van der Waals surface area contributed by atoms with E-state index in [1.54, 1.807) is 5.57 Å². The fourth-order valence-corrected chi connectivity index (χ4v) is 5.17. The number of hydrogen-bond acceptors (Lipinski definition) is 2. The van der Waals surface area contributed by atoms with E-state index in [9.17, 15) is 0 Å². The Morgan fingerprint density at radius 1 is 1.14 bits per heavy atom. The van der Waals surface area contributed by atoms with Crippen molar-refractivity contribution in [3.05, 3.63) is 11.6 Å². The van der Waals surface area contributed by atoms with Crippen molar-refractivity contribution in [2.45, 2.75) is 78.4 Å². The summed E-state index contributed by atoms with van der Waals surface area (Å²) in [6.07, 6.45) is 11.4. The quantitative estimate of drug-likeness (QED) is 0.639. The maximum atomic E-state index is 5.92. The molecule has 1 heterocycles. The van der Waals surface area contributed by atoms with Gasteiger partial charge in [-0.1, -0.05) is 52.5 Å². The van der Waals surface area contributed by atoms with Crippen molar-refractivity contribution in [2.75, 3.05) is 13.2 Å². The number of fused-ring (bicyclic) bond motifs is 1. The van der Waals surface area contributed by atoms with Gasteiger partial charge in [-0.3, -0.25) is 0 Å². The summed E-state index contributed by atoms with van der Waals surface area (Å²) in [6, 6.07) is 0. The van der Waals surface area contributed by atoms with Crippen LogP contribution in [0.2, 0.25) is 0 Å². The van der Waals surface area contributed by atoms with Crippen molar-refractivity contribution in [2.24, 2.45) is 23.2 Å². The molecule has 0 aromatic carbocycles. The highest BCUT2D eigenvalue weighted by atomic mass is 16.7. The van der Waals surface area contributed by atoms with Crippen LogP contribution in [0, 0.1) is 23.2 Å². The number of rotatable bonds is 5. The highest BCUT2D eigenvalue weighted by Crippen LogP contribution is 2.58. The molecule has 1 aliphatic heterocycles. The van der Waals surface area contributed by atoms with Gasteiger partial charge in [-0.05, 0) is 48.5 Å². The van der Waals surface area contributed by atoms with Crippen molar-refractivity contribution >= 4 is 0 Å². The van der Waals surface area contributed by atoms with Gasteiger partial charge in [0.15, 0.2) is 5.79 Å². The topological polar surface area (TPSA) is 18.5 Å². The molecule has 126 valence electrons. The Bertz CT molecular complexity index is 419. The van der Waals surface area contributed by atoms with Gasteiger partial charge in [0, 0.05) is 6.42 Å². The van der Waals surface area contributed by atoms with E-state index < -0.39 is 0 Å². The van der Waals surface area contributed by atoms with Crippen molar-refractivity contribution in [1.82, 2.24) is 0 Å². The largest absolute Gasteiger partial charge is 0.344 e. The molecule has 22 heavy (non-hydrogen) atoms. The Morgan fingerprint density at radius 2 is 1.86 bits per heavy atom. The van der Waals surface area contributed by atoms with E-state index in [0.717, 1.165) is 37.4 Å². The van der Waals surface area contributed by atoms with Crippen LogP contribution >= 0.6 is 0 Å². The van der Waals surface area contributed by atoms with Crippen molar-refractivity contribution in [1.29, 1.82) is 0 Å². The van der Waals surface area contributed by atoms with E-state index >= 15 is 0 Å². The minimum absolute atomic E-state index is 0.357. The molecule has 2 aliphatic carbocycles. The van der Waals surface area contributed by atoms with Gasteiger partial charge in [0.25, 0.3) is 0 Å². The monoisotopic (exact) mass is 306 g/mol. The van der Waals surface area contributed by atoms with E-state index in [-0.39, 0.29) is 5.79 Å². The molecule has 0 radical (unpaired) electrons. The lowest BCUT2D eigenvalue weighted by molar-refractivity contribution is -0.134. The number of allylic oxidation sites excluding steroid dienone is 1. The van der Waals surface area contributed by atoms with E-state index in [2.05, 4.69) is 33.8 Å². The molecule has 1 saturated heterocycles. The summed E-state index contributed by atoms with van der Waals surface area (Å²) < 4.78 is 11.8. The first-order valence-electron chi connectivity index (χ1n) is 9.45. The lowest BCUT2D eigenvalue weighted by Crippen LogP contribution is -2.39. The smallest absolute Gasteiger partial charge is 0.188 e. The third kappa shape index (κ3) is 3.01. The summed E-state index contributed by atoms with van der Waals surface area (Å²) in [5, 5.41) is 0. The lowest BCUT2D eigenvalue weighted by Gasteiger charge is -2.43. The average molecular weight is 306 g/mol. The third-order valence-corrected chi connectivity index (χ3v) is 6.57. The van der Waals surface area contributed by atoms with Crippen LogP contribution in [0.25, 0.3) is 0 Å². The molecule has 1 spiro atoms. The minimum Gasteiger partial charge on any atom is -0.344 e. The molecule has 1 saturated carbocycles. The van der Waals surface area contributed by atoms with Gasteiger partial charge in [0.2, 0.25) is 0 Å². The van der Waals surface area contributed by atoms with Gasteiger partial charge in [-0.25, -0.2) is 0 Å². The highest BCUT2D eigenvalue weighted by molar-refractivity contribution is 5.27. The summed E-state index contributed by atoms with van der Waals surface area (Å²) in [7, 11) is 0. The van der Waals surface area contributed by atoms with Gasteiger partial charge in [-0.2, -0.15) is 0 Å². The van der Waals surface area contributed by atoms with Gasteiger partial charge in [-0.15, -0.1) is 0 Å². The van der Waals surface area contributed by atoms with E-state index in [1.807, 2.05) is 0 Å². The molecule has 0 aromatic rings. The normalized spacial score (nSPS) is 35.0. The summed E-state index contributed by atoms with van der Waals surface area (Å²) in [4.78, 5) is 0. The molecule has 3 atom stereocenters. The van der Waals surface area contributed by atoms with Crippen LogP contribution in [0.4, 0.5) is 0 Å². The van der Waals surface area contributed by atoms with Crippen molar-refractivity contribution in [3.8, 4) is 0 Å². The Hall–Kier alpha value is -0.340. The maximum absolute atomic E-state index is 5.92. The molecular formula is C20H34O2.